The average Bonchev–Trinajstić information content (AvgIpc) is 2.63. The number of aromatic carboxylic acids is 1. The molecule has 5 nitrogen and oxygen atoms in total. The van der Waals surface area contributed by atoms with Gasteiger partial charge >= 0.3 is 5.97 Å². The zero-order valence-electron chi connectivity index (χ0n) is 13.4. The van der Waals surface area contributed by atoms with Gasteiger partial charge in [0.2, 0.25) is 6.86 Å². The first-order chi connectivity index (χ1) is 12.5. The molecule has 3 aromatic rings. The van der Waals surface area contributed by atoms with Crippen molar-refractivity contribution < 1.29 is 23.4 Å². The van der Waals surface area contributed by atoms with E-state index >= 15 is 0 Å². The van der Waals surface area contributed by atoms with E-state index in [2.05, 4.69) is 0 Å². The van der Waals surface area contributed by atoms with Crippen molar-refractivity contribution in [3.05, 3.63) is 82.5 Å². The number of rotatable bonds is 5. The minimum atomic E-state index is -1.26. The number of hydrogen-bond acceptors (Lipinski definition) is 3. The predicted molar refractivity (Wildman–Crippen MR) is 91.0 cm³/mol. The van der Waals surface area contributed by atoms with Crippen LogP contribution in [-0.4, -0.2) is 22.5 Å². The van der Waals surface area contributed by atoms with Crippen LogP contribution in [-0.2, 0) is 0 Å². The fourth-order valence-electron chi connectivity index (χ4n) is 2.54. The van der Waals surface area contributed by atoms with E-state index in [1.54, 1.807) is 12.1 Å². The molecule has 3 rings (SSSR count). The van der Waals surface area contributed by atoms with E-state index in [0.717, 1.165) is 6.07 Å². The number of pyridine rings is 1. The predicted octanol–water partition coefficient (Wildman–Crippen LogP) is 3.65. The van der Waals surface area contributed by atoms with Gasteiger partial charge in [-0.15, -0.1) is 0 Å². The topological polar surface area (TPSA) is 68.5 Å². The Hall–Kier alpha value is -3.48. The quantitative estimate of drug-likeness (QED) is 0.757. The van der Waals surface area contributed by atoms with Crippen molar-refractivity contribution in [2.24, 2.45) is 0 Å². The molecule has 0 fully saturated rings. The monoisotopic (exact) mass is 357 g/mol. The molecule has 0 amide bonds. The zero-order valence-corrected chi connectivity index (χ0v) is 13.4. The van der Waals surface area contributed by atoms with Gasteiger partial charge in [-0.05, 0) is 42.0 Å². The molecule has 0 radical (unpaired) electrons. The highest BCUT2D eigenvalue weighted by Crippen LogP contribution is 2.24. The maximum atomic E-state index is 13.2. The molecule has 0 saturated heterocycles. The lowest BCUT2D eigenvalue weighted by atomic mass is 10.0. The second kappa shape index (κ2) is 7.18. The number of carbonyl (C=O) groups is 1. The molecular weight excluding hydrogens is 344 g/mol. The van der Waals surface area contributed by atoms with Gasteiger partial charge in [-0.2, -0.15) is 0 Å². The third kappa shape index (κ3) is 3.46. The fourth-order valence-corrected chi connectivity index (χ4v) is 2.54. The first-order valence-corrected chi connectivity index (χ1v) is 7.55. The summed E-state index contributed by atoms with van der Waals surface area (Å²) in [5.41, 5.74) is 0.431. The van der Waals surface area contributed by atoms with E-state index in [9.17, 15) is 23.5 Å². The van der Waals surface area contributed by atoms with E-state index < -0.39 is 24.2 Å². The normalized spacial score (nSPS) is 10.5. The van der Waals surface area contributed by atoms with Gasteiger partial charge in [-0.3, -0.25) is 9.36 Å². The molecule has 0 aliphatic rings. The SMILES string of the molecule is O=C(O)c1cc(=O)n(-c2ccc(OCF)cc2)cc1-c1ccc(F)cc1. The van der Waals surface area contributed by atoms with Crippen molar-refractivity contribution in [2.75, 3.05) is 6.86 Å². The summed E-state index contributed by atoms with van der Waals surface area (Å²) < 4.78 is 31.3. The lowest BCUT2D eigenvalue weighted by Gasteiger charge is -2.12. The number of alkyl halides is 1. The molecule has 2 aromatic carbocycles. The van der Waals surface area contributed by atoms with Crippen molar-refractivity contribution in [1.82, 2.24) is 4.57 Å². The van der Waals surface area contributed by atoms with Gasteiger partial charge in [0.25, 0.3) is 5.56 Å². The van der Waals surface area contributed by atoms with E-state index in [-0.39, 0.29) is 11.1 Å². The minimum absolute atomic E-state index is 0.185. The summed E-state index contributed by atoms with van der Waals surface area (Å²) in [5, 5.41) is 9.39. The smallest absolute Gasteiger partial charge is 0.336 e. The van der Waals surface area contributed by atoms with Crippen molar-refractivity contribution in [2.45, 2.75) is 0 Å². The first-order valence-electron chi connectivity index (χ1n) is 7.55. The maximum absolute atomic E-state index is 13.2. The summed E-state index contributed by atoms with van der Waals surface area (Å²) in [6.45, 7) is -0.971. The van der Waals surface area contributed by atoms with E-state index in [1.807, 2.05) is 0 Å². The van der Waals surface area contributed by atoms with Gasteiger partial charge in [0.05, 0.1) is 5.56 Å². The summed E-state index contributed by atoms with van der Waals surface area (Å²) in [5.74, 6) is -1.42. The molecule has 0 aliphatic heterocycles. The molecule has 1 aromatic heterocycles. The molecule has 0 unspecified atom stereocenters. The molecule has 1 N–H and O–H groups in total. The average molecular weight is 357 g/mol. The van der Waals surface area contributed by atoms with E-state index in [4.69, 9.17) is 4.74 Å². The highest BCUT2D eigenvalue weighted by atomic mass is 19.1. The number of benzene rings is 2. The Bertz CT molecular complexity index is 996. The summed E-state index contributed by atoms with van der Waals surface area (Å²) in [6.07, 6.45) is 1.38. The number of ether oxygens (including phenoxy) is 1. The molecule has 132 valence electrons. The van der Waals surface area contributed by atoms with Gasteiger partial charge < -0.3 is 9.84 Å². The molecule has 7 heteroatoms. The number of aromatic nitrogens is 1. The molecule has 1 heterocycles. The van der Waals surface area contributed by atoms with Crippen LogP contribution < -0.4 is 10.3 Å². The second-order valence-corrected chi connectivity index (χ2v) is 5.37. The standard InChI is InChI=1S/C19H13F2NO4/c20-11-26-15-7-5-14(6-8-15)22-10-17(12-1-3-13(21)4-2-12)16(19(24)25)9-18(22)23/h1-10H,11H2,(H,24,25). The van der Waals surface area contributed by atoms with Crippen LogP contribution in [0.15, 0.2) is 65.6 Å². The number of carboxylic acids is 1. The Morgan fingerprint density at radius 1 is 1.08 bits per heavy atom. The molecule has 0 spiro atoms. The van der Waals surface area contributed by atoms with Crippen molar-refractivity contribution >= 4 is 5.97 Å². The zero-order chi connectivity index (χ0) is 18.7. The first kappa shape index (κ1) is 17.3. The Morgan fingerprint density at radius 2 is 1.73 bits per heavy atom. The van der Waals surface area contributed by atoms with Gasteiger partial charge in [0.15, 0.2) is 0 Å². The van der Waals surface area contributed by atoms with Crippen LogP contribution in [0.25, 0.3) is 16.8 Å². The minimum Gasteiger partial charge on any atom is -0.478 e. The Kier molecular flexibility index (Phi) is 4.79. The van der Waals surface area contributed by atoms with Crippen molar-refractivity contribution in [3.8, 4) is 22.6 Å². The number of carboxylic acid groups (broad SMARTS) is 1. The molecule has 0 aliphatic carbocycles. The number of hydrogen-bond donors (Lipinski definition) is 1. The van der Waals surface area contributed by atoms with Gasteiger partial charge in [0, 0.05) is 23.5 Å². The highest BCUT2D eigenvalue weighted by molar-refractivity contribution is 5.95. The number of halogens is 2. The third-order valence-electron chi connectivity index (χ3n) is 3.78. The van der Waals surface area contributed by atoms with Crippen LogP contribution in [0, 0.1) is 5.82 Å². The Morgan fingerprint density at radius 3 is 2.31 bits per heavy atom. The molecule has 0 bridgehead atoms. The van der Waals surface area contributed by atoms with Crippen LogP contribution in [0.3, 0.4) is 0 Å². The second-order valence-electron chi connectivity index (χ2n) is 5.37. The summed E-state index contributed by atoms with van der Waals surface area (Å²) >= 11 is 0. The summed E-state index contributed by atoms with van der Waals surface area (Å²) in [7, 11) is 0. The van der Waals surface area contributed by atoms with Crippen LogP contribution in [0.4, 0.5) is 8.78 Å². The third-order valence-corrected chi connectivity index (χ3v) is 3.78. The van der Waals surface area contributed by atoms with Crippen LogP contribution in [0.2, 0.25) is 0 Å². The van der Waals surface area contributed by atoms with Gasteiger partial charge in [-0.25, -0.2) is 13.6 Å². The largest absolute Gasteiger partial charge is 0.478 e. The maximum Gasteiger partial charge on any atom is 0.336 e. The van der Waals surface area contributed by atoms with Crippen LogP contribution in [0.5, 0.6) is 5.75 Å². The molecule has 0 saturated carbocycles. The number of nitrogens with zero attached hydrogens (tertiary/aromatic N) is 1. The van der Waals surface area contributed by atoms with E-state index in [0.29, 0.717) is 17.0 Å². The van der Waals surface area contributed by atoms with Crippen molar-refractivity contribution in [3.63, 3.8) is 0 Å². The molecule has 26 heavy (non-hydrogen) atoms. The lowest BCUT2D eigenvalue weighted by molar-refractivity contribution is 0.0697. The molecule has 0 atom stereocenters. The summed E-state index contributed by atoms with van der Waals surface area (Å²) in [6, 6.07) is 12.4. The Balaban J connectivity index is 2.15. The molecular formula is C19H13F2NO4. The summed E-state index contributed by atoms with van der Waals surface area (Å²) in [4.78, 5) is 23.8. The van der Waals surface area contributed by atoms with E-state index in [1.165, 1.54) is 47.2 Å². The van der Waals surface area contributed by atoms with Crippen molar-refractivity contribution in [1.29, 1.82) is 0 Å². The van der Waals surface area contributed by atoms with Crippen LogP contribution >= 0.6 is 0 Å². The van der Waals surface area contributed by atoms with Gasteiger partial charge in [0.1, 0.15) is 11.6 Å². The highest BCUT2D eigenvalue weighted by Gasteiger charge is 2.15. The Labute approximate surface area is 146 Å². The lowest BCUT2D eigenvalue weighted by Crippen LogP contribution is -2.20. The fraction of sp³-hybridized carbons (Fsp3) is 0.0526. The van der Waals surface area contributed by atoms with Gasteiger partial charge in [-0.1, -0.05) is 12.1 Å². The van der Waals surface area contributed by atoms with Crippen LogP contribution in [0.1, 0.15) is 10.4 Å².